The summed E-state index contributed by atoms with van der Waals surface area (Å²) in [5, 5.41) is 4.87. The third-order valence-corrected chi connectivity index (χ3v) is 2.82. The van der Waals surface area contributed by atoms with Crippen LogP contribution < -0.4 is 10.6 Å². The Morgan fingerprint density at radius 1 is 0.889 bits per heavy atom. The van der Waals surface area contributed by atoms with Gasteiger partial charge in [-0.25, -0.2) is 9.59 Å². The molecular formula is C18H34N2O7. The molecule has 0 aliphatic carbocycles. The summed E-state index contributed by atoms with van der Waals surface area (Å²) in [5.41, 5.74) is -1.16. The van der Waals surface area contributed by atoms with Crippen LogP contribution >= 0.6 is 0 Å². The number of nitrogens with one attached hydrogen (secondary N) is 2. The summed E-state index contributed by atoms with van der Waals surface area (Å²) in [6, 6.07) is 0. The van der Waals surface area contributed by atoms with E-state index in [9.17, 15) is 14.4 Å². The van der Waals surface area contributed by atoms with E-state index in [4.69, 9.17) is 18.9 Å². The Hall–Kier alpha value is -2.03. The van der Waals surface area contributed by atoms with Gasteiger partial charge in [0.05, 0.1) is 5.60 Å². The minimum absolute atomic E-state index is 0.0999. The van der Waals surface area contributed by atoms with Gasteiger partial charge in [0.25, 0.3) is 0 Å². The summed E-state index contributed by atoms with van der Waals surface area (Å²) in [5.74, 6) is -0.260. The van der Waals surface area contributed by atoms with Gasteiger partial charge < -0.3 is 29.6 Å². The molecule has 0 saturated heterocycles. The molecule has 0 bridgehead atoms. The number of rotatable bonds is 10. The summed E-state index contributed by atoms with van der Waals surface area (Å²) in [6.45, 7) is 13.3. The van der Waals surface area contributed by atoms with Gasteiger partial charge in [-0.2, -0.15) is 0 Å². The number of hydrogen-bond donors (Lipinski definition) is 2. The average Bonchev–Trinajstić information content (AvgIpc) is 2.52. The molecule has 27 heavy (non-hydrogen) atoms. The average molecular weight is 390 g/mol. The molecule has 0 atom stereocenters. The van der Waals surface area contributed by atoms with Crippen molar-refractivity contribution in [1.29, 1.82) is 0 Å². The first-order valence-electron chi connectivity index (χ1n) is 8.98. The second-order valence-electron chi connectivity index (χ2n) is 8.03. The molecule has 9 heteroatoms. The van der Waals surface area contributed by atoms with Gasteiger partial charge in [-0.15, -0.1) is 0 Å². The number of ether oxygens (including phenoxy) is 4. The molecule has 0 aliphatic heterocycles. The van der Waals surface area contributed by atoms with Crippen molar-refractivity contribution in [3.05, 3.63) is 0 Å². The Morgan fingerprint density at radius 2 is 1.48 bits per heavy atom. The maximum absolute atomic E-state index is 11.6. The molecule has 9 nitrogen and oxygen atoms in total. The second kappa shape index (κ2) is 11.6. The fourth-order valence-electron chi connectivity index (χ4n) is 1.58. The fourth-order valence-corrected chi connectivity index (χ4v) is 1.58. The predicted molar refractivity (Wildman–Crippen MR) is 99.4 cm³/mol. The van der Waals surface area contributed by atoms with Crippen molar-refractivity contribution in [1.82, 2.24) is 10.6 Å². The highest BCUT2D eigenvalue weighted by Crippen LogP contribution is 2.10. The van der Waals surface area contributed by atoms with Crippen molar-refractivity contribution >= 4 is 18.2 Å². The van der Waals surface area contributed by atoms with Gasteiger partial charge in [-0.05, 0) is 40.5 Å². The van der Waals surface area contributed by atoms with Crippen LogP contribution in [0.4, 0.5) is 9.59 Å². The van der Waals surface area contributed by atoms with E-state index < -0.39 is 29.4 Å². The largest absolute Gasteiger partial charge is 0.461 e. The normalized spacial score (nSPS) is 11.7. The van der Waals surface area contributed by atoms with Crippen molar-refractivity contribution in [2.24, 2.45) is 5.92 Å². The van der Waals surface area contributed by atoms with E-state index in [2.05, 4.69) is 10.6 Å². The SMILES string of the molecule is CC(C)COC(C)(C)CNC(=O)OCCOC(=O)CNC(=O)OC(C)(C)C. The smallest absolute Gasteiger partial charge is 0.408 e. The van der Waals surface area contributed by atoms with Crippen molar-refractivity contribution < 1.29 is 33.3 Å². The van der Waals surface area contributed by atoms with Gasteiger partial charge in [0.2, 0.25) is 0 Å². The molecular weight excluding hydrogens is 356 g/mol. The molecule has 2 amide bonds. The van der Waals surface area contributed by atoms with Gasteiger partial charge in [0, 0.05) is 13.2 Å². The standard InChI is InChI=1S/C18H34N2O7/c1-13(2)11-26-18(6,7)12-20-15(22)25-9-8-24-14(21)10-19-16(23)27-17(3,4)5/h13H,8-12H2,1-7H3,(H,19,23)(H,20,22). The van der Waals surface area contributed by atoms with Crippen LogP contribution in [0.25, 0.3) is 0 Å². The van der Waals surface area contributed by atoms with Crippen LogP contribution in [0.5, 0.6) is 0 Å². The van der Waals surface area contributed by atoms with Crippen LogP contribution in [0.15, 0.2) is 0 Å². The molecule has 2 N–H and O–H groups in total. The second-order valence-corrected chi connectivity index (χ2v) is 8.03. The van der Waals surface area contributed by atoms with Crippen LogP contribution in [0.1, 0.15) is 48.5 Å². The van der Waals surface area contributed by atoms with E-state index in [-0.39, 0.29) is 26.3 Å². The van der Waals surface area contributed by atoms with E-state index in [1.807, 2.05) is 27.7 Å². The fraction of sp³-hybridized carbons (Fsp3) is 0.833. The van der Waals surface area contributed by atoms with Crippen molar-refractivity contribution in [3.8, 4) is 0 Å². The van der Waals surface area contributed by atoms with E-state index >= 15 is 0 Å². The van der Waals surface area contributed by atoms with Crippen molar-refractivity contribution in [2.75, 3.05) is 32.9 Å². The predicted octanol–water partition coefficient (Wildman–Crippen LogP) is 2.23. The maximum atomic E-state index is 11.6. The van der Waals surface area contributed by atoms with Gasteiger partial charge in [0.15, 0.2) is 0 Å². The van der Waals surface area contributed by atoms with Gasteiger partial charge in [0.1, 0.15) is 25.4 Å². The highest BCUT2D eigenvalue weighted by atomic mass is 16.6. The molecule has 0 rings (SSSR count). The Balaban J connectivity index is 3.83. The lowest BCUT2D eigenvalue weighted by molar-refractivity contribution is -0.143. The van der Waals surface area contributed by atoms with Crippen molar-refractivity contribution in [3.63, 3.8) is 0 Å². The zero-order valence-electron chi connectivity index (χ0n) is 17.5. The van der Waals surface area contributed by atoms with E-state index in [1.54, 1.807) is 20.8 Å². The Labute approximate surface area is 161 Å². The quantitative estimate of drug-likeness (QED) is 0.334. The molecule has 0 aromatic carbocycles. The number of amides is 2. The lowest BCUT2D eigenvalue weighted by Gasteiger charge is -2.26. The van der Waals surface area contributed by atoms with Crippen LogP contribution in [-0.2, 0) is 23.7 Å². The van der Waals surface area contributed by atoms with Gasteiger partial charge >= 0.3 is 18.2 Å². The molecule has 0 saturated carbocycles. The van der Waals surface area contributed by atoms with E-state index in [0.717, 1.165) is 0 Å². The first-order chi connectivity index (χ1) is 12.3. The highest BCUT2D eigenvalue weighted by molar-refractivity contribution is 5.78. The van der Waals surface area contributed by atoms with E-state index in [1.165, 1.54) is 0 Å². The number of carbonyl (C=O) groups is 3. The highest BCUT2D eigenvalue weighted by Gasteiger charge is 2.20. The van der Waals surface area contributed by atoms with Gasteiger partial charge in [-0.1, -0.05) is 13.8 Å². The Kier molecular flexibility index (Phi) is 10.8. The van der Waals surface area contributed by atoms with Crippen LogP contribution in [0, 0.1) is 5.92 Å². The van der Waals surface area contributed by atoms with Crippen LogP contribution in [0.2, 0.25) is 0 Å². The first kappa shape index (κ1) is 25.0. The molecule has 0 aliphatic rings. The molecule has 0 unspecified atom stereocenters. The number of carbonyl (C=O) groups excluding carboxylic acids is 3. The summed E-state index contributed by atoms with van der Waals surface area (Å²) in [7, 11) is 0. The number of hydrogen-bond acceptors (Lipinski definition) is 7. The lowest BCUT2D eigenvalue weighted by Crippen LogP contribution is -2.41. The molecule has 0 heterocycles. The maximum Gasteiger partial charge on any atom is 0.408 e. The van der Waals surface area contributed by atoms with Gasteiger partial charge in [-0.3, -0.25) is 4.79 Å². The Morgan fingerprint density at radius 3 is 2.04 bits per heavy atom. The van der Waals surface area contributed by atoms with Crippen LogP contribution in [-0.4, -0.2) is 62.3 Å². The molecule has 0 aromatic heterocycles. The monoisotopic (exact) mass is 390 g/mol. The summed E-state index contributed by atoms with van der Waals surface area (Å²) in [6.07, 6.45) is -1.34. The summed E-state index contributed by atoms with van der Waals surface area (Å²) >= 11 is 0. The minimum Gasteiger partial charge on any atom is -0.461 e. The minimum atomic E-state index is -0.711. The topological polar surface area (TPSA) is 112 Å². The molecule has 0 fully saturated rings. The van der Waals surface area contributed by atoms with Crippen LogP contribution in [0.3, 0.4) is 0 Å². The molecule has 0 radical (unpaired) electrons. The zero-order chi connectivity index (χ0) is 21.1. The van der Waals surface area contributed by atoms with E-state index in [0.29, 0.717) is 12.5 Å². The zero-order valence-corrected chi connectivity index (χ0v) is 17.5. The molecule has 0 aromatic rings. The summed E-state index contributed by atoms with van der Waals surface area (Å²) < 4.78 is 20.4. The third-order valence-electron chi connectivity index (χ3n) is 2.82. The number of esters is 1. The Bertz CT molecular complexity index is 485. The number of alkyl carbamates (subject to hydrolysis) is 2. The first-order valence-corrected chi connectivity index (χ1v) is 8.98. The lowest BCUT2D eigenvalue weighted by atomic mass is 10.1. The molecule has 0 spiro atoms. The molecule has 158 valence electrons. The third kappa shape index (κ3) is 15.9. The summed E-state index contributed by atoms with van der Waals surface area (Å²) in [4.78, 5) is 34.5. The van der Waals surface area contributed by atoms with Crippen molar-refractivity contribution in [2.45, 2.75) is 59.7 Å².